The van der Waals surface area contributed by atoms with Gasteiger partial charge in [0.25, 0.3) is 5.91 Å². The largest absolute Gasteiger partial charge is 0.339 e. The zero-order valence-corrected chi connectivity index (χ0v) is 14.3. The number of amides is 2. The van der Waals surface area contributed by atoms with Crippen LogP contribution in [0.3, 0.4) is 0 Å². The number of rotatable bonds is 3. The Labute approximate surface area is 130 Å². The molecular formula is C16H24N2O2S. The molecule has 1 aliphatic heterocycles. The van der Waals surface area contributed by atoms with Crippen molar-refractivity contribution in [3.63, 3.8) is 0 Å². The van der Waals surface area contributed by atoms with Gasteiger partial charge in [0.2, 0.25) is 5.91 Å². The Balaban J connectivity index is 2.14. The normalized spacial score (nSPS) is 19.5. The number of piperazine rings is 1. The van der Waals surface area contributed by atoms with Crippen LogP contribution in [0.4, 0.5) is 0 Å². The van der Waals surface area contributed by atoms with Crippen LogP contribution in [-0.4, -0.2) is 47.3 Å². The minimum atomic E-state index is -0.371. The molecule has 0 bridgehead atoms. The van der Waals surface area contributed by atoms with E-state index in [0.717, 1.165) is 21.9 Å². The van der Waals surface area contributed by atoms with Crippen molar-refractivity contribution in [2.75, 3.05) is 19.6 Å². The molecule has 0 aromatic carbocycles. The van der Waals surface area contributed by atoms with Gasteiger partial charge in [0.1, 0.15) is 6.04 Å². The van der Waals surface area contributed by atoms with Crippen LogP contribution >= 0.6 is 11.3 Å². The van der Waals surface area contributed by atoms with E-state index in [1.807, 2.05) is 31.7 Å². The predicted molar refractivity (Wildman–Crippen MR) is 85.7 cm³/mol. The van der Waals surface area contributed by atoms with Gasteiger partial charge in [-0.1, -0.05) is 13.8 Å². The summed E-state index contributed by atoms with van der Waals surface area (Å²) in [7, 11) is 0. The average molecular weight is 308 g/mol. The molecule has 116 valence electrons. The maximum Gasteiger partial charge on any atom is 0.255 e. The first-order valence-corrected chi connectivity index (χ1v) is 8.29. The number of hydrogen-bond donors (Lipinski definition) is 0. The fourth-order valence-electron chi connectivity index (χ4n) is 2.83. The minimum Gasteiger partial charge on any atom is -0.339 e. The summed E-state index contributed by atoms with van der Waals surface area (Å²) in [6, 6.07) is 1.56. The zero-order valence-electron chi connectivity index (χ0n) is 13.5. The van der Waals surface area contributed by atoms with E-state index >= 15 is 0 Å². The molecule has 2 amide bonds. The fraction of sp³-hybridized carbons (Fsp3) is 0.625. The molecule has 4 nitrogen and oxygen atoms in total. The van der Waals surface area contributed by atoms with E-state index in [1.165, 1.54) is 0 Å². The van der Waals surface area contributed by atoms with E-state index in [-0.39, 0.29) is 17.9 Å². The van der Waals surface area contributed by atoms with E-state index in [9.17, 15) is 9.59 Å². The van der Waals surface area contributed by atoms with Gasteiger partial charge in [0.05, 0.1) is 5.56 Å². The molecule has 1 aromatic rings. The SMILES string of the molecule is Cc1cc(C(=O)N2CCN(CC(C)C)C(=O)[C@@H]2C)c(C)s1. The summed E-state index contributed by atoms with van der Waals surface area (Å²) in [5.41, 5.74) is 0.745. The molecule has 0 saturated carbocycles. The van der Waals surface area contributed by atoms with Crippen LogP contribution in [0.2, 0.25) is 0 Å². The number of aryl methyl sites for hydroxylation is 2. The Morgan fingerprint density at radius 2 is 2.05 bits per heavy atom. The van der Waals surface area contributed by atoms with Gasteiger partial charge in [-0.3, -0.25) is 9.59 Å². The number of nitrogens with zero attached hydrogens (tertiary/aromatic N) is 2. The van der Waals surface area contributed by atoms with E-state index < -0.39 is 0 Å². The highest BCUT2D eigenvalue weighted by Gasteiger charge is 2.35. The van der Waals surface area contributed by atoms with Crippen molar-refractivity contribution >= 4 is 23.2 Å². The highest BCUT2D eigenvalue weighted by atomic mass is 32.1. The number of carbonyl (C=O) groups excluding carboxylic acids is 2. The molecule has 1 aromatic heterocycles. The second-order valence-electron chi connectivity index (χ2n) is 6.18. The number of hydrogen-bond acceptors (Lipinski definition) is 3. The predicted octanol–water partition coefficient (Wildman–Crippen LogP) is 2.69. The van der Waals surface area contributed by atoms with Crippen molar-refractivity contribution < 1.29 is 9.59 Å². The topological polar surface area (TPSA) is 40.6 Å². The molecule has 2 heterocycles. The summed E-state index contributed by atoms with van der Waals surface area (Å²) in [6.07, 6.45) is 0. The van der Waals surface area contributed by atoms with Crippen LogP contribution in [0.1, 0.15) is 40.9 Å². The summed E-state index contributed by atoms with van der Waals surface area (Å²) in [4.78, 5) is 30.9. The molecule has 1 fully saturated rings. The van der Waals surface area contributed by atoms with Crippen molar-refractivity contribution in [2.24, 2.45) is 5.92 Å². The van der Waals surface area contributed by atoms with E-state index in [4.69, 9.17) is 0 Å². The smallest absolute Gasteiger partial charge is 0.255 e. The number of carbonyl (C=O) groups is 2. The highest BCUT2D eigenvalue weighted by Crippen LogP contribution is 2.24. The third-order valence-corrected chi connectivity index (χ3v) is 4.83. The Kier molecular flexibility index (Phi) is 4.71. The quantitative estimate of drug-likeness (QED) is 0.861. The zero-order chi connectivity index (χ0) is 15.7. The summed E-state index contributed by atoms with van der Waals surface area (Å²) < 4.78 is 0. The van der Waals surface area contributed by atoms with Crippen molar-refractivity contribution in [3.8, 4) is 0 Å². The van der Waals surface area contributed by atoms with Crippen molar-refractivity contribution in [2.45, 2.75) is 40.7 Å². The molecule has 5 heteroatoms. The molecule has 1 aliphatic rings. The Morgan fingerprint density at radius 1 is 1.38 bits per heavy atom. The van der Waals surface area contributed by atoms with Gasteiger partial charge in [0.15, 0.2) is 0 Å². The van der Waals surface area contributed by atoms with Crippen LogP contribution in [0.5, 0.6) is 0 Å². The lowest BCUT2D eigenvalue weighted by Gasteiger charge is -2.39. The lowest BCUT2D eigenvalue weighted by molar-refractivity contribution is -0.140. The Morgan fingerprint density at radius 3 is 2.57 bits per heavy atom. The molecule has 0 aliphatic carbocycles. The van der Waals surface area contributed by atoms with E-state index in [2.05, 4.69) is 13.8 Å². The van der Waals surface area contributed by atoms with E-state index in [1.54, 1.807) is 16.2 Å². The second-order valence-corrected chi connectivity index (χ2v) is 7.64. The lowest BCUT2D eigenvalue weighted by Crippen LogP contribution is -2.58. The maximum absolute atomic E-state index is 12.7. The maximum atomic E-state index is 12.7. The van der Waals surface area contributed by atoms with Gasteiger partial charge in [-0.25, -0.2) is 0 Å². The van der Waals surface area contributed by atoms with Crippen molar-refractivity contribution in [1.82, 2.24) is 9.80 Å². The number of thiophene rings is 1. The summed E-state index contributed by atoms with van der Waals surface area (Å²) in [6.45, 7) is 12.0. The first-order valence-electron chi connectivity index (χ1n) is 7.48. The van der Waals surface area contributed by atoms with Gasteiger partial charge in [0, 0.05) is 29.4 Å². The van der Waals surface area contributed by atoms with Crippen molar-refractivity contribution in [3.05, 3.63) is 21.4 Å². The third kappa shape index (κ3) is 3.28. The van der Waals surface area contributed by atoms with Gasteiger partial charge in [-0.15, -0.1) is 11.3 Å². The van der Waals surface area contributed by atoms with Gasteiger partial charge >= 0.3 is 0 Å². The van der Waals surface area contributed by atoms with Gasteiger partial charge < -0.3 is 9.80 Å². The molecular weight excluding hydrogens is 284 g/mol. The van der Waals surface area contributed by atoms with Crippen molar-refractivity contribution in [1.29, 1.82) is 0 Å². The van der Waals surface area contributed by atoms with Crippen LogP contribution < -0.4 is 0 Å². The minimum absolute atomic E-state index is 0.0121. The molecule has 0 spiro atoms. The third-order valence-electron chi connectivity index (χ3n) is 3.87. The molecule has 21 heavy (non-hydrogen) atoms. The van der Waals surface area contributed by atoms with Crippen LogP contribution in [0.15, 0.2) is 6.07 Å². The molecule has 2 rings (SSSR count). The molecule has 0 N–H and O–H groups in total. The lowest BCUT2D eigenvalue weighted by atomic mass is 10.1. The summed E-state index contributed by atoms with van der Waals surface area (Å²) in [5.74, 6) is 0.500. The molecule has 1 saturated heterocycles. The standard InChI is InChI=1S/C16H24N2O2S/c1-10(2)9-17-6-7-18(12(4)15(17)19)16(20)14-8-11(3)21-13(14)5/h8,10,12H,6-7,9H2,1-5H3/t12-/m0/s1. The molecule has 0 radical (unpaired) electrons. The van der Waals surface area contributed by atoms with E-state index in [0.29, 0.717) is 19.0 Å². The van der Waals surface area contributed by atoms with Gasteiger partial charge in [-0.2, -0.15) is 0 Å². The summed E-state index contributed by atoms with van der Waals surface area (Å²) in [5, 5.41) is 0. The molecule has 0 unspecified atom stereocenters. The Hall–Kier alpha value is -1.36. The summed E-state index contributed by atoms with van der Waals surface area (Å²) >= 11 is 1.63. The van der Waals surface area contributed by atoms with Crippen LogP contribution in [-0.2, 0) is 4.79 Å². The monoisotopic (exact) mass is 308 g/mol. The first kappa shape index (κ1) is 16.0. The fourth-order valence-corrected chi connectivity index (χ4v) is 3.74. The molecule has 1 atom stereocenters. The Bertz CT molecular complexity index is 550. The van der Waals surface area contributed by atoms with Gasteiger partial charge in [-0.05, 0) is 32.8 Å². The highest BCUT2D eigenvalue weighted by molar-refractivity contribution is 7.12. The van der Waals surface area contributed by atoms with Crippen LogP contribution in [0.25, 0.3) is 0 Å². The van der Waals surface area contributed by atoms with Crippen LogP contribution in [0, 0.1) is 19.8 Å². The average Bonchev–Trinajstić information content (AvgIpc) is 2.73. The first-order chi connectivity index (χ1) is 9.81. The second kappa shape index (κ2) is 6.18.